The molecule has 0 saturated heterocycles. The fraction of sp³-hybridized carbons (Fsp3) is 0.333. The van der Waals surface area contributed by atoms with Crippen LogP contribution in [0.25, 0.3) is 0 Å². The molecule has 1 amide bonds. The van der Waals surface area contributed by atoms with Gasteiger partial charge in [-0.1, -0.05) is 6.07 Å². The average molecular weight is 221 g/mol. The van der Waals surface area contributed by atoms with E-state index in [1.54, 1.807) is 25.1 Å². The van der Waals surface area contributed by atoms with Crippen molar-refractivity contribution in [3.63, 3.8) is 0 Å². The van der Waals surface area contributed by atoms with E-state index in [9.17, 15) is 9.59 Å². The van der Waals surface area contributed by atoms with Crippen LogP contribution in [0.1, 0.15) is 29.8 Å². The van der Waals surface area contributed by atoms with Crippen LogP contribution in [0.15, 0.2) is 18.2 Å². The lowest BCUT2D eigenvalue weighted by Crippen LogP contribution is -2.10. The number of rotatable bonds is 3. The highest BCUT2D eigenvalue weighted by molar-refractivity contribution is 5.94. The summed E-state index contributed by atoms with van der Waals surface area (Å²) in [5.74, 6) is -0.543. The van der Waals surface area contributed by atoms with E-state index in [2.05, 4.69) is 5.32 Å². The second-order valence-corrected chi connectivity index (χ2v) is 3.43. The van der Waals surface area contributed by atoms with Crippen LogP contribution in [0, 0.1) is 6.92 Å². The molecule has 0 aliphatic carbocycles. The molecule has 0 aliphatic rings. The molecule has 0 saturated carbocycles. The summed E-state index contributed by atoms with van der Waals surface area (Å²) in [6.45, 7) is 5.37. The van der Waals surface area contributed by atoms with Crippen LogP contribution < -0.4 is 5.32 Å². The molecule has 1 aromatic carbocycles. The summed E-state index contributed by atoms with van der Waals surface area (Å²) in [4.78, 5) is 22.4. The maximum atomic E-state index is 11.5. The molecule has 86 valence electrons. The van der Waals surface area contributed by atoms with Gasteiger partial charge in [0.05, 0.1) is 12.2 Å². The SMILES string of the molecule is CCOC(=O)c1ccc(C)c(NC(C)=O)c1. The van der Waals surface area contributed by atoms with Crippen LogP contribution in [0.2, 0.25) is 0 Å². The van der Waals surface area contributed by atoms with E-state index in [4.69, 9.17) is 4.74 Å². The first-order valence-corrected chi connectivity index (χ1v) is 5.10. The topological polar surface area (TPSA) is 55.4 Å². The molecular weight excluding hydrogens is 206 g/mol. The smallest absolute Gasteiger partial charge is 0.338 e. The molecule has 0 heterocycles. The predicted octanol–water partition coefficient (Wildman–Crippen LogP) is 2.13. The number of carbonyl (C=O) groups excluding carboxylic acids is 2. The summed E-state index contributed by atoms with van der Waals surface area (Å²) >= 11 is 0. The molecular formula is C12H15NO3. The van der Waals surface area contributed by atoms with Crippen LogP contribution in [-0.4, -0.2) is 18.5 Å². The Labute approximate surface area is 94.6 Å². The van der Waals surface area contributed by atoms with Crippen LogP contribution in [0.3, 0.4) is 0 Å². The maximum Gasteiger partial charge on any atom is 0.338 e. The summed E-state index contributed by atoms with van der Waals surface area (Å²) in [5, 5.41) is 2.66. The Balaban J connectivity index is 2.97. The van der Waals surface area contributed by atoms with Gasteiger partial charge in [-0.15, -0.1) is 0 Å². The monoisotopic (exact) mass is 221 g/mol. The number of aryl methyl sites for hydroxylation is 1. The molecule has 1 N–H and O–H groups in total. The Bertz CT molecular complexity index is 413. The standard InChI is InChI=1S/C12H15NO3/c1-4-16-12(15)10-6-5-8(2)11(7-10)13-9(3)14/h5-7H,4H2,1-3H3,(H,13,14). The molecule has 4 heteroatoms. The van der Waals surface area contributed by atoms with Gasteiger partial charge in [0.15, 0.2) is 0 Å². The molecule has 0 unspecified atom stereocenters. The molecule has 0 fully saturated rings. The van der Waals surface area contributed by atoms with Gasteiger partial charge >= 0.3 is 5.97 Å². The third-order valence-electron chi connectivity index (χ3n) is 2.06. The van der Waals surface area contributed by atoms with E-state index in [1.807, 2.05) is 6.92 Å². The number of benzene rings is 1. The van der Waals surface area contributed by atoms with Crippen molar-refractivity contribution in [3.05, 3.63) is 29.3 Å². The number of anilines is 1. The first kappa shape index (κ1) is 12.2. The number of hydrogen-bond donors (Lipinski definition) is 1. The van der Waals surface area contributed by atoms with Crippen molar-refractivity contribution in [2.75, 3.05) is 11.9 Å². The lowest BCUT2D eigenvalue weighted by Gasteiger charge is -2.08. The number of carbonyl (C=O) groups is 2. The largest absolute Gasteiger partial charge is 0.462 e. The normalized spacial score (nSPS) is 9.69. The number of nitrogens with one attached hydrogen (secondary N) is 1. The van der Waals surface area contributed by atoms with Crippen molar-refractivity contribution >= 4 is 17.6 Å². The van der Waals surface area contributed by atoms with E-state index < -0.39 is 0 Å². The number of amides is 1. The number of esters is 1. The molecule has 0 radical (unpaired) electrons. The van der Waals surface area contributed by atoms with Crippen molar-refractivity contribution in [1.82, 2.24) is 0 Å². The molecule has 16 heavy (non-hydrogen) atoms. The van der Waals surface area contributed by atoms with Gasteiger partial charge in [-0.05, 0) is 31.5 Å². The van der Waals surface area contributed by atoms with Gasteiger partial charge in [0.1, 0.15) is 0 Å². The van der Waals surface area contributed by atoms with Crippen LogP contribution in [0.4, 0.5) is 5.69 Å². The van der Waals surface area contributed by atoms with Crippen LogP contribution in [0.5, 0.6) is 0 Å². The molecule has 1 rings (SSSR count). The first-order chi connectivity index (χ1) is 7.54. The zero-order chi connectivity index (χ0) is 12.1. The Hall–Kier alpha value is -1.84. The van der Waals surface area contributed by atoms with Gasteiger partial charge in [-0.25, -0.2) is 4.79 Å². The second kappa shape index (κ2) is 5.30. The minimum absolute atomic E-state index is 0.163. The minimum atomic E-state index is -0.380. The fourth-order valence-corrected chi connectivity index (χ4v) is 1.29. The highest BCUT2D eigenvalue weighted by Crippen LogP contribution is 2.17. The van der Waals surface area contributed by atoms with Crippen LogP contribution in [-0.2, 0) is 9.53 Å². The van der Waals surface area contributed by atoms with Gasteiger partial charge in [-0.3, -0.25) is 4.79 Å². The Morgan fingerprint density at radius 2 is 2.06 bits per heavy atom. The molecule has 0 aromatic heterocycles. The van der Waals surface area contributed by atoms with Gasteiger partial charge < -0.3 is 10.1 Å². The summed E-state index contributed by atoms with van der Waals surface area (Å²) < 4.78 is 4.88. The van der Waals surface area contributed by atoms with E-state index in [0.29, 0.717) is 17.9 Å². The third-order valence-corrected chi connectivity index (χ3v) is 2.06. The average Bonchev–Trinajstić information content (AvgIpc) is 2.21. The first-order valence-electron chi connectivity index (χ1n) is 5.10. The number of hydrogen-bond acceptors (Lipinski definition) is 3. The predicted molar refractivity (Wildman–Crippen MR) is 61.4 cm³/mol. The lowest BCUT2D eigenvalue weighted by atomic mass is 10.1. The molecule has 1 aromatic rings. The van der Waals surface area contributed by atoms with Gasteiger partial charge in [0, 0.05) is 12.6 Å². The van der Waals surface area contributed by atoms with Gasteiger partial charge in [0.2, 0.25) is 5.91 Å². The van der Waals surface area contributed by atoms with Crippen LogP contribution >= 0.6 is 0 Å². The summed E-state index contributed by atoms with van der Waals surface area (Å²) in [6, 6.07) is 5.07. The fourth-order valence-electron chi connectivity index (χ4n) is 1.29. The van der Waals surface area contributed by atoms with Crippen molar-refractivity contribution in [3.8, 4) is 0 Å². The summed E-state index contributed by atoms with van der Waals surface area (Å²) in [7, 11) is 0. The summed E-state index contributed by atoms with van der Waals surface area (Å²) in [5.41, 5.74) is 1.98. The number of ether oxygens (including phenoxy) is 1. The molecule has 0 aliphatic heterocycles. The zero-order valence-electron chi connectivity index (χ0n) is 9.66. The Morgan fingerprint density at radius 3 is 2.62 bits per heavy atom. The Kier molecular flexibility index (Phi) is 4.05. The second-order valence-electron chi connectivity index (χ2n) is 3.43. The highest BCUT2D eigenvalue weighted by atomic mass is 16.5. The van der Waals surface area contributed by atoms with E-state index in [1.165, 1.54) is 6.92 Å². The molecule has 0 bridgehead atoms. The Morgan fingerprint density at radius 1 is 1.38 bits per heavy atom. The third kappa shape index (κ3) is 3.08. The maximum absolute atomic E-state index is 11.5. The van der Waals surface area contributed by atoms with E-state index in [0.717, 1.165) is 5.56 Å². The van der Waals surface area contributed by atoms with Crippen molar-refractivity contribution in [2.24, 2.45) is 0 Å². The van der Waals surface area contributed by atoms with Gasteiger partial charge in [-0.2, -0.15) is 0 Å². The summed E-state index contributed by atoms with van der Waals surface area (Å²) in [6.07, 6.45) is 0. The highest BCUT2D eigenvalue weighted by Gasteiger charge is 2.09. The minimum Gasteiger partial charge on any atom is -0.462 e. The van der Waals surface area contributed by atoms with E-state index in [-0.39, 0.29) is 11.9 Å². The zero-order valence-corrected chi connectivity index (χ0v) is 9.66. The van der Waals surface area contributed by atoms with Gasteiger partial charge in [0.25, 0.3) is 0 Å². The van der Waals surface area contributed by atoms with Crippen molar-refractivity contribution < 1.29 is 14.3 Å². The van der Waals surface area contributed by atoms with Crippen molar-refractivity contribution in [2.45, 2.75) is 20.8 Å². The molecule has 0 spiro atoms. The quantitative estimate of drug-likeness (QED) is 0.795. The molecule has 4 nitrogen and oxygen atoms in total. The van der Waals surface area contributed by atoms with E-state index >= 15 is 0 Å². The lowest BCUT2D eigenvalue weighted by molar-refractivity contribution is -0.114. The molecule has 0 atom stereocenters. The van der Waals surface area contributed by atoms with Crippen molar-refractivity contribution in [1.29, 1.82) is 0 Å².